The highest BCUT2D eigenvalue weighted by atomic mass is 16.8. The summed E-state index contributed by atoms with van der Waals surface area (Å²) in [6, 6.07) is 8.00. The van der Waals surface area contributed by atoms with Gasteiger partial charge >= 0.3 is 35.8 Å². The fraction of sp³-hybridized carbons (Fsp3) is 0.600. The van der Waals surface area contributed by atoms with Crippen LogP contribution >= 0.6 is 0 Å². The minimum atomic E-state index is -2.59. The number of carbonyl (C=O) groups excluding carboxylic acids is 6. The summed E-state index contributed by atoms with van der Waals surface area (Å²) in [5.41, 5.74) is 0.223. The summed E-state index contributed by atoms with van der Waals surface area (Å²) in [6.07, 6.45) is -12.8. The van der Waals surface area contributed by atoms with Crippen LogP contribution < -0.4 is 0 Å². The van der Waals surface area contributed by atoms with Crippen LogP contribution in [-0.2, 0) is 71.3 Å². The summed E-state index contributed by atoms with van der Waals surface area (Å²) in [5, 5.41) is 11.1. The first-order chi connectivity index (χ1) is 22.2. The first-order valence-corrected chi connectivity index (χ1v) is 14.4. The lowest BCUT2D eigenvalue weighted by Crippen LogP contribution is -2.66. The molecule has 0 spiro atoms. The molecule has 17 heteroatoms. The van der Waals surface area contributed by atoms with Crippen LogP contribution in [0.15, 0.2) is 30.3 Å². The van der Waals surface area contributed by atoms with Gasteiger partial charge < -0.3 is 52.5 Å². The molecule has 2 fully saturated rings. The zero-order valence-corrected chi connectivity index (χ0v) is 26.6. The van der Waals surface area contributed by atoms with Crippen LogP contribution in [0.25, 0.3) is 0 Å². The van der Waals surface area contributed by atoms with E-state index < -0.39 is 110 Å². The van der Waals surface area contributed by atoms with Gasteiger partial charge in [-0.3, -0.25) is 19.2 Å². The third-order valence-electron chi connectivity index (χ3n) is 6.97. The van der Waals surface area contributed by atoms with Crippen molar-refractivity contribution < 1.29 is 81.2 Å². The molecule has 47 heavy (non-hydrogen) atoms. The molecule has 0 radical (unpaired) electrons. The second kappa shape index (κ2) is 16.6. The molecule has 2 aliphatic rings. The van der Waals surface area contributed by atoms with Crippen LogP contribution in [0.1, 0.15) is 44.5 Å². The van der Waals surface area contributed by atoms with Gasteiger partial charge in [0.1, 0.15) is 43.7 Å². The predicted octanol–water partition coefficient (Wildman–Crippen LogP) is -0.0228. The third kappa shape index (κ3) is 9.68. The average molecular weight is 671 g/mol. The number of carbonyl (C=O) groups is 6. The zero-order chi connectivity index (χ0) is 34.9. The fourth-order valence-corrected chi connectivity index (χ4v) is 5.11. The van der Waals surface area contributed by atoms with Crippen molar-refractivity contribution in [3.63, 3.8) is 0 Å². The Bertz CT molecular complexity index is 1280. The molecule has 0 amide bonds. The molecule has 2 saturated heterocycles. The lowest BCUT2D eigenvalue weighted by atomic mass is 9.91. The lowest BCUT2D eigenvalue weighted by molar-refractivity contribution is -0.343. The van der Waals surface area contributed by atoms with Gasteiger partial charge in [0.2, 0.25) is 0 Å². The van der Waals surface area contributed by atoms with Gasteiger partial charge in [0, 0.05) is 34.8 Å². The summed E-state index contributed by atoms with van der Waals surface area (Å²) in [6.45, 7) is 3.07. The highest BCUT2D eigenvalue weighted by Gasteiger charge is 2.62. The topological polar surface area (TPSA) is 215 Å². The Morgan fingerprint density at radius 2 is 1.55 bits per heavy atom. The number of benzene rings is 1. The van der Waals surface area contributed by atoms with Gasteiger partial charge in [0.25, 0.3) is 5.79 Å². The first kappa shape index (κ1) is 37.3. The normalized spacial score (nSPS) is 29.1. The highest BCUT2D eigenvalue weighted by Crippen LogP contribution is 2.40. The van der Waals surface area contributed by atoms with Crippen molar-refractivity contribution in [3.8, 4) is 0 Å². The minimum absolute atomic E-state index is 0.223. The Labute approximate surface area is 269 Å². The van der Waals surface area contributed by atoms with E-state index in [9.17, 15) is 33.9 Å². The number of hydrogen-bond donors (Lipinski definition) is 1. The minimum Gasteiger partial charge on any atom is -0.465 e. The molecule has 3 rings (SSSR count). The number of aliphatic hydroxyl groups is 1. The van der Waals surface area contributed by atoms with Gasteiger partial charge in [-0.05, 0) is 12.1 Å². The van der Waals surface area contributed by atoms with Crippen LogP contribution in [-0.4, -0.2) is 123 Å². The number of hydrogen-bond acceptors (Lipinski definition) is 17. The van der Waals surface area contributed by atoms with Crippen molar-refractivity contribution in [2.75, 3.05) is 27.4 Å². The third-order valence-corrected chi connectivity index (χ3v) is 6.97. The van der Waals surface area contributed by atoms with Crippen LogP contribution in [0.3, 0.4) is 0 Å². The highest BCUT2D eigenvalue weighted by molar-refractivity contribution is 5.89. The molecular weight excluding hydrogens is 632 g/mol. The maximum atomic E-state index is 13.6. The van der Waals surface area contributed by atoms with E-state index in [1.165, 1.54) is 19.2 Å². The monoisotopic (exact) mass is 670 g/mol. The molecule has 0 aliphatic carbocycles. The van der Waals surface area contributed by atoms with Gasteiger partial charge in [-0.15, -0.1) is 0 Å². The summed E-state index contributed by atoms with van der Waals surface area (Å²) in [4.78, 5) is 74.4. The molecule has 9 unspecified atom stereocenters. The molecule has 1 aromatic rings. The molecule has 9 atom stereocenters. The van der Waals surface area contributed by atoms with Crippen LogP contribution in [0.5, 0.6) is 0 Å². The number of ether oxygens (including phenoxy) is 10. The van der Waals surface area contributed by atoms with Crippen molar-refractivity contribution in [1.29, 1.82) is 0 Å². The Balaban J connectivity index is 2.06. The summed E-state index contributed by atoms with van der Waals surface area (Å²) < 4.78 is 54.8. The number of aliphatic hydroxyl groups excluding tert-OH is 1. The summed E-state index contributed by atoms with van der Waals surface area (Å²) in [7, 11) is 2.22. The van der Waals surface area contributed by atoms with E-state index in [4.69, 9.17) is 47.4 Å². The van der Waals surface area contributed by atoms with Crippen molar-refractivity contribution in [2.24, 2.45) is 0 Å². The second-order valence-electron chi connectivity index (χ2n) is 10.5. The van der Waals surface area contributed by atoms with Crippen molar-refractivity contribution in [1.82, 2.24) is 0 Å². The van der Waals surface area contributed by atoms with Crippen LogP contribution in [0.2, 0.25) is 0 Å². The Morgan fingerprint density at radius 1 is 0.894 bits per heavy atom. The predicted molar refractivity (Wildman–Crippen MR) is 151 cm³/mol. The van der Waals surface area contributed by atoms with E-state index in [1.807, 2.05) is 0 Å². The Morgan fingerprint density at radius 3 is 2.11 bits per heavy atom. The quantitative estimate of drug-likeness (QED) is 0.215. The van der Waals surface area contributed by atoms with E-state index in [0.717, 1.165) is 34.8 Å². The molecule has 2 aliphatic heterocycles. The van der Waals surface area contributed by atoms with E-state index in [2.05, 4.69) is 0 Å². The maximum Gasteiger partial charge on any atom is 0.366 e. The van der Waals surface area contributed by atoms with Gasteiger partial charge in [-0.25, -0.2) is 9.59 Å². The standard InChI is InChI=1S/C30H38O17/c1-15(31)40-13-22(43-17(3)33)26-25(44-18(4)34)20(42-16(2)32)12-30(47-26,29(37)39-6)46-24-21(45-28(38-5)23(24)35)14-41-27(36)19-10-8-7-9-11-19/h7-11,20-26,28,35H,12-14H2,1-6H3. The van der Waals surface area contributed by atoms with E-state index in [-0.39, 0.29) is 5.56 Å². The molecular formula is C30H38O17. The van der Waals surface area contributed by atoms with Gasteiger partial charge in [-0.1, -0.05) is 18.2 Å². The SMILES string of the molecule is COC(=O)C1(OC2C(COC(=O)c3ccccc3)OC(OC)C2O)CC(OC(C)=O)C(OC(C)=O)C(C(COC(C)=O)OC(C)=O)O1. The molecule has 0 aromatic heterocycles. The van der Waals surface area contributed by atoms with E-state index >= 15 is 0 Å². The van der Waals surface area contributed by atoms with E-state index in [0.29, 0.717) is 0 Å². The molecule has 0 bridgehead atoms. The molecule has 1 N–H and O–H groups in total. The van der Waals surface area contributed by atoms with Crippen molar-refractivity contribution in [2.45, 2.75) is 88.9 Å². The largest absolute Gasteiger partial charge is 0.465 e. The second-order valence-corrected chi connectivity index (χ2v) is 10.5. The average Bonchev–Trinajstić information content (AvgIpc) is 3.31. The number of rotatable bonds is 13. The van der Waals surface area contributed by atoms with Crippen LogP contribution in [0, 0.1) is 0 Å². The maximum absolute atomic E-state index is 13.6. The molecule has 17 nitrogen and oxygen atoms in total. The Hall–Kier alpha value is -4.16. The summed E-state index contributed by atoms with van der Waals surface area (Å²) >= 11 is 0. The number of esters is 6. The molecule has 260 valence electrons. The fourth-order valence-electron chi connectivity index (χ4n) is 5.11. The smallest absolute Gasteiger partial charge is 0.366 e. The van der Waals surface area contributed by atoms with Crippen molar-refractivity contribution in [3.05, 3.63) is 35.9 Å². The zero-order valence-electron chi connectivity index (χ0n) is 26.6. The van der Waals surface area contributed by atoms with E-state index in [1.54, 1.807) is 18.2 Å². The van der Waals surface area contributed by atoms with Crippen LogP contribution in [0.4, 0.5) is 0 Å². The van der Waals surface area contributed by atoms with Gasteiger partial charge in [-0.2, -0.15) is 0 Å². The molecule has 1 aromatic carbocycles. The lowest BCUT2D eigenvalue weighted by Gasteiger charge is -2.47. The molecule has 2 heterocycles. The van der Waals surface area contributed by atoms with Gasteiger partial charge in [0.15, 0.2) is 18.5 Å². The van der Waals surface area contributed by atoms with Crippen molar-refractivity contribution >= 4 is 35.8 Å². The van der Waals surface area contributed by atoms with Gasteiger partial charge in [0.05, 0.1) is 19.1 Å². The Kier molecular flexibility index (Phi) is 13.2. The summed E-state index contributed by atoms with van der Waals surface area (Å²) in [5.74, 6) is -7.94. The first-order valence-electron chi connectivity index (χ1n) is 14.4. The molecule has 0 saturated carbocycles. The number of methoxy groups -OCH3 is 2.